The van der Waals surface area contributed by atoms with Crippen LogP contribution in [-0.4, -0.2) is 18.6 Å². The van der Waals surface area contributed by atoms with Crippen molar-refractivity contribution in [3.63, 3.8) is 0 Å². The average molecular weight is 196 g/mol. The molecule has 0 amide bonds. The average Bonchev–Trinajstić information content (AvgIpc) is 2.97. The van der Waals surface area contributed by atoms with Crippen molar-refractivity contribution in [1.82, 2.24) is 5.32 Å². The molecule has 3 N–H and O–H groups in total. The zero-order valence-corrected chi connectivity index (χ0v) is 9.34. The van der Waals surface area contributed by atoms with E-state index < -0.39 is 0 Å². The van der Waals surface area contributed by atoms with Crippen LogP contribution in [0.4, 0.5) is 0 Å². The molecule has 0 heterocycles. The maximum Gasteiger partial charge on any atom is 0.0110 e. The first-order valence-corrected chi connectivity index (χ1v) is 6.31. The molecule has 0 saturated heterocycles. The lowest BCUT2D eigenvalue weighted by Gasteiger charge is -2.31. The normalized spacial score (nSPS) is 42.4. The van der Waals surface area contributed by atoms with E-state index in [2.05, 4.69) is 12.2 Å². The van der Waals surface area contributed by atoms with Crippen molar-refractivity contribution in [2.45, 2.75) is 57.5 Å². The maximum atomic E-state index is 5.82. The van der Waals surface area contributed by atoms with Crippen molar-refractivity contribution in [3.05, 3.63) is 0 Å². The SMILES string of the molecule is CCC1CC1NC1CCCCC1CN. The lowest BCUT2D eigenvalue weighted by molar-refractivity contribution is 0.263. The van der Waals surface area contributed by atoms with E-state index >= 15 is 0 Å². The van der Waals surface area contributed by atoms with Crippen LogP contribution in [0.5, 0.6) is 0 Å². The van der Waals surface area contributed by atoms with Crippen LogP contribution in [0, 0.1) is 11.8 Å². The molecular formula is C12H24N2. The van der Waals surface area contributed by atoms with Crippen LogP contribution >= 0.6 is 0 Å². The molecule has 0 aromatic rings. The largest absolute Gasteiger partial charge is 0.330 e. The maximum absolute atomic E-state index is 5.82. The molecule has 0 aromatic carbocycles. The Bertz CT molecular complexity index is 181. The third kappa shape index (κ3) is 2.29. The van der Waals surface area contributed by atoms with Gasteiger partial charge in [0.25, 0.3) is 0 Å². The molecule has 2 fully saturated rings. The second-order valence-corrected chi connectivity index (χ2v) is 5.06. The van der Waals surface area contributed by atoms with Crippen LogP contribution < -0.4 is 11.1 Å². The fraction of sp³-hybridized carbons (Fsp3) is 1.00. The Balaban J connectivity index is 1.77. The summed E-state index contributed by atoms with van der Waals surface area (Å²) in [6.07, 6.45) is 8.24. The van der Waals surface area contributed by atoms with Crippen LogP contribution in [-0.2, 0) is 0 Å². The van der Waals surface area contributed by atoms with E-state index in [9.17, 15) is 0 Å². The summed E-state index contributed by atoms with van der Waals surface area (Å²) in [5.41, 5.74) is 5.82. The van der Waals surface area contributed by atoms with Gasteiger partial charge >= 0.3 is 0 Å². The molecule has 0 aromatic heterocycles. The summed E-state index contributed by atoms with van der Waals surface area (Å²) in [6.45, 7) is 3.18. The van der Waals surface area contributed by atoms with Crippen LogP contribution in [0.15, 0.2) is 0 Å². The van der Waals surface area contributed by atoms with Gasteiger partial charge in [0, 0.05) is 12.1 Å². The van der Waals surface area contributed by atoms with Crippen molar-refractivity contribution < 1.29 is 0 Å². The molecule has 0 radical (unpaired) electrons. The van der Waals surface area contributed by atoms with Crippen molar-refractivity contribution in [3.8, 4) is 0 Å². The highest BCUT2D eigenvalue weighted by Gasteiger charge is 2.38. The Morgan fingerprint density at radius 1 is 1.14 bits per heavy atom. The molecule has 2 saturated carbocycles. The van der Waals surface area contributed by atoms with Gasteiger partial charge in [-0.3, -0.25) is 0 Å². The highest BCUT2D eigenvalue weighted by atomic mass is 15.0. The lowest BCUT2D eigenvalue weighted by atomic mass is 9.84. The van der Waals surface area contributed by atoms with Crippen molar-refractivity contribution >= 4 is 0 Å². The van der Waals surface area contributed by atoms with E-state index in [0.29, 0.717) is 0 Å². The predicted octanol–water partition coefficient (Wildman–Crippen LogP) is 1.89. The fourth-order valence-corrected chi connectivity index (χ4v) is 2.89. The van der Waals surface area contributed by atoms with Crippen LogP contribution in [0.3, 0.4) is 0 Å². The van der Waals surface area contributed by atoms with Gasteiger partial charge in [-0.25, -0.2) is 0 Å². The molecule has 4 atom stereocenters. The number of hydrogen-bond acceptors (Lipinski definition) is 2. The summed E-state index contributed by atoms with van der Waals surface area (Å²) >= 11 is 0. The summed E-state index contributed by atoms with van der Waals surface area (Å²) in [5, 5.41) is 3.81. The van der Waals surface area contributed by atoms with Gasteiger partial charge in [0.1, 0.15) is 0 Å². The molecule has 0 aliphatic heterocycles. The van der Waals surface area contributed by atoms with Crippen molar-refractivity contribution in [1.29, 1.82) is 0 Å². The second kappa shape index (κ2) is 4.63. The van der Waals surface area contributed by atoms with Crippen LogP contribution in [0.25, 0.3) is 0 Å². The fourth-order valence-electron chi connectivity index (χ4n) is 2.89. The third-order valence-corrected chi connectivity index (χ3v) is 4.09. The minimum absolute atomic E-state index is 0.732. The molecular weight excluding hydrogens is 172 g/mol. The Kier molecular flexibility index (Phi) is 3.45. The summed E-state index contributed by atoms with van der Waals surface area (Å²) in [7, 11) is 0. The molecule has 2 aliphatic rings. The second-order valence-electron chi connectivity index (χ2n) is 5.06. The number of nitrogens with one attached hydrogen (secondary N) is 1. The van der Waals surface area contributed by atoms with Gasteiger partial charge in [-0.05, 0) is 37.6 Å². The molecule has 4 unspecified atom stereocenters. The molecule has 14 heavy (non-hydrogen) atoms. The van der Waals surface area contributed by atoms with E-state index in [0.717, 1.165) is 30.5 Å². The Labute approximate surface area is 87.6 Å². The van der Waals surface area contributed by atoms with Gasteiger partial charge in [-0.2, -0.15) is 0 Å². The Morgan fingerprint density at radius 2 is 1.93 bits per heavy atom. The molecule has 2 nitrogen and oxygen atoms in total. The van der Waals surface area contributed by atoms with E-state index in [1.54, 1.807) is 0 Å². The van der Waals surface area contributed by atoms with Gasteiger partial charge in [0.15, 0.2) is 0 Å². The Hall–Kier alpha value is -0.0800. The van der Waals surface area contributed by atoms with Crippen LogP contribution in [0.2, 0.25) is 0 Å². The van der Waals surface area contributed by atoms with Crippen molar-refractivity contribution in [2.24, 2.45) is 17.6 Å². The number of hydrogen-bond donors (Lipinski definition) is 2. The zero-order chi connectivity index (χ0) is 9.97. The summed E-state index contributed by atoms with van der Waals surface area (Å²) in [5.74, 6) is 1.72. The van der Waals surface area contributed by atoms with E-state index in [1.807, 2.05) is 0 Å². The quantitative estimate of drug-likeness (QED) is 0.720. The number of rotatable bonds is 4. The summed E-state index contributed by atoms with van der Waals surface area (Å²) < 4.78 is 0. The molecule has 0 bridgehead atoms. The van der Waals surface area contributed by atoms with Gasteiger partial charge < -0.3 is 11.1 Å². The molecule has 2 aliphatic carbocycles. The topological polar surface area (TPSA) is 38.0 Å². The minimum Gasteiger partial charge on any atom is -0.330 e. The number of nitrogens with two attached hydrogens (primary N) is 1. The van der Waals surface area contributed by atoms with Gasteiger partial charge in [0.2, 0.25) is 0 Å². The molecule has 2 heteroatoms. The van der Waals surface area contributed by atoms with Crippen LogP contribution in [0.1, 0.15) is 45.4 Å². The molecule has 82 valence electrons. The first kappa shape index (κ1) is 10.4. The highest BCUT2D eigenvalue weighted by Crippen LogP contribution is 2.35. The predicted molar refractivity (Wildman–Crippen MR) is 60.1 cm³/mol. The van der Waals surface area contributed by atoms with Crippen molar-refractivity contribution in [2.75, 3.05) is 6.54 Å². The zero-order valence-electron chi connectivity index (χ0n) is 9.34. The Morgan fingerprint density at radius 3 is 2.57 bits per heavy atom. The van der Waals surface area contributed by atoms with Gasteiger partial charge in [-0.1, -0.05) is 26.2 Å². The molecule has 0 spiro atoms. The third-order valence-electron chi connectivity index (χ3n) is 4.09. The van der Waals surface area contributed by atoms with E-state index in [4.69, 9.17) is 5.73 Å². The molecule has 2 rings (SSSR count). The van der Waals surface area contributed by atoms with Gasteiger partial charge in [0.05, 0.1) is 0 Å². The smallest absolute Gasteiger partial charge is 0.0110 e. The van der Waals surface area contributed by atoms with E-state index in [1.165, 1.54) is 38.5 Å². The van der Waals surface area contributed by atoms with Gasteiger partial charge in [-0.15, -0.1) is 0 Å². The van der Waals surface area contributed by atoms with E-state index in [-0.39, 0.29) is 0 Å². The summed E-state index contributed by atoms with van der Waals surface area (Å²) in [6, 6.07) is 1.56. The highest BCUT2D eigenvalue weighted by molar-refractivity contribution is 4.96. The monoisotopic (exact) mass is 196 g/mol. The lowest BCUT2D eigenvalue weighted by Crippen LogP contribution is -2.43. The first-order chi connectivity index (χ1) is 6.85. The minimum atomic E-state index is 0.732. The first-order valence-electron chi connectivity index (χ1n) is 6.31. The summed E-state index contributed by atoms with van der Waals surface area (Å²) in [4.78, 5) is 0. The standard InChI is InChI=1S/C12H24N2/c1-2-9-7-12(9)14-11-6-4-3-5-10(11)8-13/h9-12,14H,2-8,13H2,1H3.